The van der Waals surface area contributed by atoms with E-state index in [1.165, 1.54) is 23.0 Å². The molecule has 1 aromatic heterocycles. The molecule has 0 radical (unpaired) electrons. The van der Waals surface area contributed by atoms with E-state index in [1.54, 1.807) is 24.3 Å². The third-order valence-electron chi connectivity index (χ3n) is 2.78. The van der Waals surface area contributed by atoms with Crippen molar-refractivity contribution in [3.63, 3.8) is 0 Å². The summed E-state index contributed by atoms with van der Waals surface area (Å²) in [7, 11) is 0. The van der Waals surface area contributed by atoms with Gasteiger partial charge in [-0.3, -0.25) is 9.36 Å². The lowest BCUT2D eigenvalue weighted by molar-refractivity contribution is 0.0960. The Morgan fingerprint density at radius 1 is 1.06 bits per heavy atom. The Kier molecular flexibility index (Phi) is 2.41. The first-order valence-corrected chi connectivity index (χ1v) is 5.49. The molecule has 3 nitrogen and oxygen atoms in total. The summed E-state index contributed by atoms with van der Waals surface area (Å²) in [6, 6.07) is 13.2. The van der Waals surface area contributed by atoms with Crippen LogP contribution in [0.1, 0.15) is 10.4 Å². The second-order valence-corrected chi connectivity index (χ2v) is 3.89. The highest BCUT2D eigenvalue weighted by molar-refractivity contribution is 6.01. The van der Waals surface area contributed by atoms with E-state index < -0.39 is 11.7 Å². The van der Waals surface area contributed by atoms with Crippen molar-refractivity contribution >= 4 is 16.9 Å². The highest BCUT2D eigenvalue weighted by atomic mass is 19.1. The zero-order valence-electron chi connectivity index (χ0n) is 9.38. The van der Waals surface area contributed by atoms with Crippen LogP contribution in [-0.4, -0.2) is 15.5 Å². The van der Waals surface area contributed by atoms with Gasteiger partial charge >= 0.3 is 0 Å². The average molecular weight is 240 g/mol. The number of fused-ring (bicyclic) bond motifs is 1. The fourth-order valence-corrected chi connectivity index (χ4v) is 1.89. The molecule has 4 heteroatoms. The largest absolute Gasteiger partial charge is 0.268 e. The van der Waals surface area contributed by atoms with Crippen LogP contribution in [0.2, 0.25) is 0 Å². The van der Waals surface area contributed by atoms with Crippen LogP contribution in [0.5, 0.6) is 0 Å². The molecule has 0 fully saturated rings. The van der Waals surface area contributed by atoms with Gasteiger partial charge in [-0.05, 0) is 24.3 Å². The van der Waals surface area contributed by atoms with Gasteiger partial charge in [-0.25, -0.2) is 9.37 Å². The standard InChI is InChI=1S/C14H9FN2O/c15-11-6-2-1-5-10(11)14(18)17-9-16-12-7-3-4-8-13(12)17/h1-9H. The van der Waals surface area contributed by atoms with E-state index in [2.05, 4.69) is 4.98 Å². The van der Waals surface area contributed by atoms with E-state index in [0.29, 0.717) is 11.0 Å². The molecule has 0 unspecified atom stereocenters. The number of hydrogen-bond acceptors (Lipinski definition) is 2. The lowest BCUT2D eigenvalue weighted by atomic mass is 10.2. The lowest BCUT2D eigenvalue weighted by Gasteiger charge is -2.03. The van der Waals surface area contributed by atoms with Gasteiger partial charge in [0.15, 0.2) is 0 Å². The van der Waals surface area contributed by atoms with E-state index in [0.717, 1.165) is 0 Å². The number of benzene rings is 2. The predicted octanol–water partition coefficient (Wildman–Crippen LogP) is 2.86. The number of carbonyl (C=O) groups excluding carboxylic acids is 1. The molecular weight excluding hydrogens is 231 g/mol. The van der Waals surface area contributed by atoms with Crippen LogP contribution >= 0.6 is 0 Å². The molecule has 0 aliphatic heterocycles. The van der Waals surface area contributed by atoms with Gasteiger partial charge in [0.25, 0.3) is 5.91 Å². The Morgan fingerprint density at radius 3 is 2.61 bits per heavy atom. The van der Waals surface area contributed by atoms with Crippen molar-refractivity contribution in [3.05, 3.63) is 66.2 Å². The van der Waals surface area contributed by atoms with Crippen LogP contribution in [0.3, 0.4) is 0 Å². The summed E-state index contributed by atoms with van der Waals surface area (Å²) in [5, 5.41) is 0. The zero-order chi connectivity index (χ0) is 12.5. The number of imidazole rings is 1. The second-order valence-electron chi connectivity index (χ2n) is 3.89. The molecule has 0 atom stereocenters. The number of para-hydroxylation sites is 2. The monoisotopic (exact) mass is 240 g/mol. The number of aromatic nitrogens is 2. The highest BCUT2D eigenvalue weighted by Gasteiger charge is 2.15. The summed E-state index contributed by atoms with van der Waals surface area (Å²) in [5.74, 6) is -0.943. The van der Waals surface area contributed by atoms with E-state index in [9.17, 15) is 9.18 Å². The maximum absolute atomic E-state index is 13.6. The van der Waals surface area contributed by atoms with Gasteiger partial charge in [-0.1, -0.05) is 24.3 Å². The van der Waals surface area contributed by atoms with Gasteiger partial charge in [0.2, 0.25) is 0 Å². The van der Waals surface area contributed by atoms with Gasteiger partial charge in [0.1, 0.15) is 12.1 Å². The Hall–Kier alpha value is -2.49. The molecule has 0 N–H and O–H groups in total. The molecule has 88 valence electrons. The number of rotatable bonds is 1. The molecule has 18 heavy (non-hydrogen) atoms. The Bertz CT molecular complexity index is 733. The minimum Gasteiger partial charge on any atom is -0.268 e. The fraction of sp³-hybridized carbons (Fsp3) is 0. The first-order valence-electron chi connectivity index (χ1n) is 5.49. The summed E-state index contributed by atoms with van der Waals surface area (Å²) in [4.78, 5) is 16.3. The van der Waals surface area contributed by atoms with Gasteiger partial charge in [0.05, 0.1) is 16.6 Å². The third-order valence-corrected chi connectivity index (χ3v) is 2.78. The van der Waals surface area contributed by atoms with Crippen molar-refractivity contribution in [3.8, 4) is 0 Å². The molecule has 0 aliphatic carbocycles. The first kappa shape index (κ1) is 10.7. The minimum atomic E-state index is -0.528. The number of halogens is 1. The van der Waals surface area contributed by atoms with Crippen molar-refractivity contribution in [1.82, 2.24) is 9.55 Å². The predicted molar refractivity (Wildman–Crippen MR) is 65.9 cm³/mol. The van der Waals surface area contributed by atoms with Crippen molar-refractivity contribution in [2.75, 3.05) is 0 Å². The van der Waals surface area contributed by atoms with E-state index in [-0.39, 0.29) is 5.56 Å². The fourth-order valence-electron chi connectivity index (χ4n) is 1.89. The van der Waals surface area contributed by atoms with Gasteiger partial charge in [0, 0.05) is 0 Å². The molecule has 1 heterocycles. The maximum Gasteiger partial charge on any atom is 0.266 e. The zero-order valence-corrected chi connectivity index (χ0v) is 9.38. The van der Waals surface area contributed by atoms with Crippen LogP contribution in [0, 0.1) is 5.82 Å². The van der Waals surface area contributed by atoms with Crippen molar-refractivity contribution in [1.29, 1.82) is 0 Å². The van der Waals surface area contributed by atoms with Crippen LogP contribution in [0.4, 0.5) is 4.39 Å². The summed E-state index contributed by atoms with van der Waals surface area (Å²) in [6.45, 7) is 0. The van der Waals surface area contributed by atoms with Crippen molar-refractivity contribution in [2.45, 2.75) is 0 Å². The van der Waals surface area contributed by atoms with Gasteiger partial charge in [-0.2, -0.15) is 0 Å². The smallest absolute Gasteiger partial charge is 0.266 e. The number of carbonyl (C=O) groups is 1. The SMILES string of the molecule is O=C(c1ccccc1F)n1cnc2ccccc21. The van der Waals surface area contributed by atoms with Crippen LogP contribution in [0.15, 0.2) is 54.9 Å². The van der Waals surface area contributed by atoms with Crippen molar-refractivity contribution < 1.29 is 9.18 Å². The molecule has 0 bridgehead atoms. The van der Waals surface area contributed by atoms with Crippen LogP contribution in [0.25, 0.3) is 11.0 Å². The molecule has 0 spiro atoms. The highest BCUT2D eigenvalue weighted by Crippen LogP contribution is 2.15. The Balaban J connectivity index is 2.16. The summed E-state index contributed by atoms with van der Waals surface area (Å²) < 4.78 is 14.9. The minimum absolute atomic E-state index is 0.0423. The molecule has 3 aromatic rings. The summed E-state index contributed by atoms with van der Waals surface area (Å²) >= 11 is 0. The molecule has 0 amide bonds. The number of hydrogen-bond donors (Lipinski definition) is 0. The topological polar surface area (TPSA) is 34.9 Å². The van der Waals surface area contributed by atoms with E-state index >= 15 is 0 Å². The van der Waals surface area contributed by atoms with Gasteiger partial charge in [-0.15, -0.1) is 0 Å². The van der Waals surface area contributed by atoms with E-state index in [1.807, 2.05) is 12.1 Å². The average Bonchev–Trinajstić information content (AvgIpc) is 2.82. The maximum atomic E-state index is 13.6. The van der Waals surface area contributed by atoms with Gasteiger partial charge < -0.3 is 0 Å². The lowest BCUT2D eigenvalue weighted by Crippen LogP contribution is -2.12. The molecule has 0 aliphatic rings. The molecule has 3 rings (SSSR count). The quantitative estimate of drug-likeness (QED) is 0.655. The Morgan fingerprint density at radius 2 is 1.78 bits per heavy atom. The Labute approximate surface area is 103 Å². The van der Waals surface area contributed by atoms with Crippen molar-refractivity contribution in [2.24, 2.45) is 0 Å². The summed E-state index contributed by atoms with van der Waals surface area (Å²) in [6.07, 6.45) is 1.42. The third kappa shape index (κ3) is 1.59. The van der Waals surface area contributed by atoms with E-state index in [4.69, 9.17) is 0 Å². The van der Waals surface area contributed by atoms with Crippen LogP contribution < -0.4 is 0 Å². The normalized spacial score (nSPS) is 10.7. The van der Waals surface area contributed by atoms with Crippen LogP contribution in [-0.2, 0) is 0 Å². The molecule has 0 saturated carbocycles. The molecule has 0 saturated heterocycles. The first-order chi connectivity index (χ1) is 8.77. The second kappa shape index (κ2) is 4.07. The molecular formula is C14H9FN2O. The molecule has 2 aromatic carbocycles. The summed E-state index contributed by atoms with van der Waals surface area (Å²) in [5.41, 5.74) is 1.42. The number of nitrogens with zero attached hydrogens (tertiary/aromatic N) is 2.